The van der Waals surface area contributed by atoms with Crippen LogP contribution in [0.15, 0.2) is 66.9 Å². The van der Waals surface area contributed by atoms with Crippen LogP contribution in [-0.2, 0) is 6.18 Å². The number of halogens is 3. The molecule has 0 aliphatic carbocycles. The van der Waals surface area contributed by atoms with E-state index in [-0.39, 0.29) is 11.6 Å². The molecule has 2 aromatic carbocycles. The van der Waals surface area contributed by atoms with E-state index >= 15 is 0 Å². The molecule has 0 aliphatic heterocycles. The van der Waals surface area contributed by atoms with Gasteiger partial charge in [0, 0.05) is 23.6 Å². The molecule has 1 heterocycles. The van der Waals surface area contributed by atoms with Crippen LogP contribution < -0.4 is 15.4 Å². The van der Waals surface area contributed by atoms with E-state index in [0.29, 0.717) is 22.8 Å². The van der Waals surface area contributed by atoms with Gasteiger partial charge in [-0.1, -0.05) is 12.1 Å². The third kappa shape index (κ3) is 4.79. The molecule has 0 radical (unpaired) electrons. The average molecular weight is 387 g/mol. The zero-order valence-corrected chi connectivity index (χ0v) is 14.7. The van der Waals surface area contributed by atoms with E-state index in [1.54, 1.807) is 24.3 Å². The van der Waals surface area contributed by atoms with E-state index in [2.05, 4.69) is 15.6 Å². The van der Waals surface area contributed by atoms with Gasteiger partial charge in [0.15, 0.2) is 0 Å². The SMILES string of the molecule is COc1cccc(NC(=O)c2ccc(Nc3cccc(C(F)(F)F)c3)nc2)c1. The first-order chi connectivity index (χ1) is 13.3. The Bertz CT molecular complexity index is 973. The number of alkyl halides is 3. The molecule has 0 aliphatic rings. The molecule has 0 saturated heterocycles. The molecule has 2 N–H and O–H groups in total. The Kier molecular flexibility index (Phi) is 5.49. The van der Waals surface area contributed by atoms with Crippen LogP contribution in [0, 0.1) is 0 Å². The number of ether oxygens (including phenoxy) is 1. The number of nitrogens with zero attached hydrogens (tertiary/aromatic N) is 1. The summed E-state index contributed by atoms with van der Waals surface area (Å²) in [7, 11) is 1.53. The van der Waals surface area contributed by atoms with Crippen molar-refractivity contribution in [1.29, 1.82) is 0 Å². The number of hydrogen-bond acceptors (Lipinski definition) is 4. The van der Waals surface area contributed by atoms with Gasteiger partial charge in [0.05, 0.1) is 18.2 Å². The summed E-state index contributed by atoms with van der Waals surface area (Å²) in [6.07, 6.45) is -3.08. The van der Waals surface area contributed by atoms with Gasteiger partial charge < -0.3 is 15.4 Å². The first-order valence-corrected chi connectivity index (χ1v) is 8.21. The van der Waals surface area contributed by atoms with Crippen molar-refractivity contribution in [1.82, 2.24) is 4.98 Å². The lowest BCUT2D eigenvalue weighted by molar-refractivity contribution is -0.137. The van der Waals surface area contributed by atoms with Gasteiger partial charge in [-0.25, -0.2) is 4.98 Å². The summed E-state index contributed by atoms with van der Waals surface area (Å²) in [5.41, 5.74) is 0.357. The molecule has 1 amide bonds. The van der Waals surface area contributed by atoms with Crippen LogP contribution in [0.5, 0.6) is 5.75 Å². The average Bonchev–Trinajstić information content (AvgIpc) is 2.68. The summed E-state index contributed by atoms with van der Waals surface area (Å²) >= 11 is 0. The highest BCUT2D eigenvalue weighted by Crippen LogP contribution is 2.31. The number of carbonyl (C=O) groups is 1. The predicted molar refractivity (Wildman–Crippen MR) is 99.9 cm³/mol. The Morgan fingerprint density at radius 3 is 2.43 bits per heavy atom. The van der Waals surface area contributed by atoms with Gasteiger partial charge in [0.1, 0.15) is 11.6 Å². The van der Waals surface area contributed by atoms with Gasteiger partial charge in [-0.2, -0.15) is 13.2 Å². The van der Waals surface area contributed by atoms with Gasteiger partial charge >= 0.3 is 6.18 Å². The van der Waals surface area contributed by atoms with Crippen molar-refractivity contribution in [2.75, 3.05) is 17.7 Å². The number of benzene rings is 2. The number of anilines is 3. The number of aromatic nitrogens is 1. The Morgan fingerprint density at radius 1 is 1.00 bits per heavy atom. The largest absolute Gasteiger partial charge is 0.497 e. The number of methoxy groups -OCH3 is 1. The van der Waals surface area contributed by atoms with Gasteiger partial charge in [-0.05, 0) is 42.5 Å². The van der Waals surface area contributed by atoms with E-state index in [0.717, 1.165) is 12.1 Å². The molecular weight excluding hydrogens is 371 g/mol. The highest BCUT2D eigenvalue weighted by atomic mass is 19.4. The second kappa shape index (κ2) is 7.99. The highest BCUT2D eigenvalue weighted by molar-refractivity contribution is 6.04. The minimum absolute atomic E-state index is 0.246. The van der Waals surface area contributed by atoms with E-state index in [9.17, 15) is 18.0 Å². The molecule has 0 spiro atoms. The van der Waals surface area contributed by atoms with Gasteiger partial charge in [0.25, 0.3) is 5.91 Å². The smallest absolute Gasteiger partial charge is 0.416 e. The number of carbonyl (C=O) groups excluding carboxylic acids is 1. The second-order valence-electron chi connectivity index (χ2n) is 5.82. The first kappa shape index (κ1) is 19.2. The summed E-state index contributed by atoms with van der Waals surface area (Å²) < 4.78 is 43.4. The quantitative estimate of drug-likeness (QED) is 0.639. The van der Waals surface area contributed by atoms with E-state index < -0.39 is 11.7 Å². The van der Waals surface area contributed by atoms with Crippen LogP contribution in [-0.4, -0.2) is 18.0 Å². The van der Waals surface area contributed by atoms with Crippen molar-refractivity contribution in [3.8, 4) is 5.75 Å². The van der Waals surface area contributed by atoms with Gasteiger partial charge in [0.2, 0.25) is 0 Å². The van der Waals surface area contributed by atoms with Crippen LogP contribution in [0.3, 0.4) is 0 Å². The fraction of sp³-hybridized carbons (Fsp3) is 0.100. The molecule has 8 heteroatoms. The van der Waals surface area contributed by atoms with Gasteiger partial charge in [-0.3, -0.25) is 4.79 Å². The fourth-order valence-corrected chi connectivity index (χ4v) is 2.43. The predicted octanol–water partition coefficient (Wildman–Crippen LogP) is 5.10. The maximum absolute atomic E-state index is 12.8. The summed E-state index contributed by atoms with van der Waals surface area (Å²) in [6, 6.07) is 14.7. The number of hydrogen-bond donors (Lipinski definition) is 2. The molecule has 0 atom stereocenters. The first-order valence-electron chi connectivity index (χ1n) is 8.21. The van der Waals surface area contributed by atoms with Crippen LogP contribution in [0.2, 0.25) is 0 Å². The zero-order chi connectivity index (χ0) is 20.1. The third-order valence-electron chi connectivity index (χ3n) is 3.82. The molecule has 1 aromatic heterocycles. The Morgan fingerprint density at radius 2 is 1.75 bits per heavy atom. The molecular formula is C20H16F3N3O2. The van der Waals surface area contributed by atoms with Crippen molar-refractivity contribution in [2.45, 2.75) is 6.18 Å². The summed E-state index contributed by atoms with van der Waals surface area (Å²) in [5.74, 6) is 0.556. The molecule has 28 heavy (non-hydrogen) atoms. The lowest BCUT2D eigenvalue weighted by Gasteiger charge is -2.11. The second-order valence-corrected chi connectivity index (χ2v) is 5.82. The monoisotopic (exact) mass is 387 g/mol. The summed E-state index contributed by atoms with van der Waals surface area (Å²) in [6.45, 7) is 0. The van der Waals surface area contributed by atoms with Crippen molar-refractivity contribution in [3.63, 3.8) is 0 Å². The number of amides is 1. The van der Waals surface area contributed by atoms with Crippen LogP contribution >= 0.6 is 0 Å². The van der Waals surface area contributed by atoms with E-state index in [4.69, 9.17) is 4.74 Å². The number of rotatable bonds is 5. The van der Waals surface area contributed by atoms with Gasteiger partial charge in [-0.15, -0.1) is 0 Å². The molecule has 0 unspecified atom stereocenters. The lowest BCUT2D eigenvalue weighted by Crippen LogP contribution is -2.12. The molecule has 144 valence electrons. The van der Waals surface area contributed by atoms with Crippen LogP contribution in [0.1, 0.15) is 15.9 Å². The zero-order valence-electron chi connectivity index (χ0n) is 14.7. The Labute approximate surface area is 159 Å². The third-order valence-corrected chi connectivity index (χ3v) is 3.82. The van der Waals surface area contributed by atoms with E-state index in [1.165, 1.54) is 37.6 Å². The summed E-state index contributed by atoms with van der Waals surface area (Å²) in [4.78, 5) is 16.4. The van der Waals surface area contributed by atoms with Crippen molar-refractivity contribution in [3.05, 3.63) is 78.0 Å². The van der Waals surface area contributed by atoms with Crippen molar-refractivity contribution >= 4 is 23.1 Å². The van der Waals surface area contributed by atoms with E-state index in [1.807, 2.05) is 0 Å². The molecule has 0 bridgehead atoms. The topological polar surface area (TPSA) is 63.2 Å². The van der Waals surface area contributed by atoms with Crippen LogP contribution in [0.25, 0.3) is 0 Å². The maximum Gasteiger partial charge on any atom is 0.416 e. The standard InChI is InChI=1S/C20H16F3N3O2/c1-28-17-7-3-6-16(11-17)26-19(27)13-8-9-18(24-12-13)25-15-5-2-4-14(10-15)20(21,22)23/h2-12H,1H3,(H,24,25)(H,26,27). The van der Waals surface area contributed by atoms with Crippen molar-refractivity contribution in [2.24, 2.45) is 0 Å². The highest BCUT2D eigenvalue weighted by Gasteiger charge is 2.30. The maximum atomic E-state index is 12.8. The molecule has 0 saturated carbocycles. The number of pyridine rings is 1. The number of nitrogens with one attached hydrogen (secondary N) is 2. The molecule has 5 nitrogen and oxygen atoms in total. The van der Waals surface area contributed by atoms with Crippen LogP contribution in [0.4, 0.5) is 30.4 Å². The Hall–Kier alpha value is -3.55. The lowest BCUT2D eigenvalue weighted by atomic mass is 10.2. The summed E-state index contributed by atoms with van der Waals surface area (Å²) in [5, 5.41) is 5.51. The minimum Gasteiger partial charge on any atom is -0.497 e. The normalized spacial score (nSPS) is 11.0. The Balaban J connectivity index is 1.68. The molecule has 0 fully saturated rings. The molecule has 3 aromatic rings. The fourth-order valence-electron chi connectivity index (χ4n) is 2.43. The van der Waals surface area contributed by atoms with Crippen molar-refractivity contribution < 1.29 is 22.7 Å². The molecule has 3 rings (SSSR count). The minimum atomic E-state index is -4.42.